The van der Waals surface area contributed by atoms with Crippen LogP contribution in [0.3, 0.4) is 0 Å². The van der Waals surface area contributed by atoms with Gasteiger partial charge >= 0.3 is 6.16 Å². The molecule has 0 aliphatic heterocycles. The predicted molar refractivity (Wildman–Crippen MR) is 89.3 cm³/mol. The third-order valence-electron chi connectivity index (χ3n) is 3.02. The fourth-order valence-corrected chi connectivity index (χ4v) is 1.78. The van der Waals surface area contributed by atoms with Crippen molar-refractivity contribution >= 4 is 23.8 Å². The molecule has 2 amide bonds. The van der Waals surface area contributed by atoms with Gasteiger partial charge < -0.3 is 24.9 Å². The minimum absolute atomic E-state index is 0.0427. The van der Waals surface area contributed by atoms with Gasteiger partial charge in [0.15, 0.2) is 0 Å². The van der Waals surface area contributed by atoms with E-state index >= 15 is 0 Å². The Kier molecular flexibility index (Phi) is 8.70. The minimum Gasteiger partial charge on any atom is -0.434 e. The second-order valence-corrected chi connectivity index (χ2v) is 5.12. The van der Waals surface area contributed by atoms with Crippen molar-refractivity contribution < 1.29 is 28.7 Å². The van der Waals surface area contributed by atoms with Gasteiger partial charge in [0.2, 0.25) is 5.91 Å². The van der Waals surface area contributed by atoms with Crippen LogP contribution in [-0.4, -0.2) is 43.4 Å². The number of ketones is 1. The summed E-state index contributed by atoms with van der Waals surface area (Å²) in [6.07, 6.45) is -0.455. The Morgan fingerprint density at radius 3 is 2.20 bits per heavy atom. The fourth-order valence-electron chi connectivity index (χ4n) is 1.78. The van der Waals surface area contributed by atoms with Gasteiger partial charge in [0.25, 0.3) is 5.91 Å². The lowest BCUT2D eigenvalue weighted by Gasteiger charge is -2.08. The smallest absolute Gasteiger partial charge is 0.434 e. The van der Waals surface area contributed by atoms with Crippen LogP contribution < -0.4 is 15.4 Å². The van der Waals surface area contributed by atoms with Crippen LogP contribution in [0, 0.1) is 0 Å². The fraction of sp³-hybridized carbons (Fsp3) is 0.412. The Labute approximate surface area is 145 Å². The first-order chi connectivity index (χ1) is 11.9. The molecular formula is C17H22N2O6. The number of rotatable bonds is 9. The zero-order valence-corrected chi connectivity index (χ0v) is 14.3. The van der Waals surface area contributed by atoms with Gasteiger partial charge in [-0.25, -0.2) is 4.79 Å². The molecule has 0 unspecified atom stereocenters. The molecule has 8 nitrogen and oxygen atoms in total. The van der Waals surface area contributed by atoms with E-state index in [1.807, 2.05) is 0 Å². The Morgan fingerprint density at radius 2 is 1.60 bits per heavy atom. The quantitative estimate of drug-likeness (QED) is 0.396. The van der Waals surface area contributed by atoms with E-state index in [0.29, 0.717) is 5.56 Å². The molecule has 0 bridgehead atoms. The molecule has 2 N–H and O–H groups in total. The van der Waals surface area contributed by atoms with E-state index in [9.17, 15) is 19.2 Å². The molecule has 0 spiro atoms. The second kappa shape index (κ2) is 10.8. The maximum Gasteiger partial charge on any atom is 0.513 e. The van der Waals surface area contributed by atoms with Crippen LogP contribution >= 0.6 is 0 Å². The number of nitrogens with one attached hydrogen (secondary N) is 2. The van der Waals surface area contributed by atoms with Gasteiger partial charge in [-0.3, -0.25) is 9.59 Å². The van der Waals surface area contributed by atoms with E-state index in [1.54, 1.807) is 6.92 Å². The SMILES string of the molecule is CCOC(=O)Oc1ccc(C(=O)NCCNC(=O)CCC(C)=O)cc1. The Bertz CT molecular complexity index is 612. The maximum absolute atomic E-state index is 11.9. The molecule has 1 aromatic rings. The van der Waals surface area contributed by atoms with Gasteiger partial charge in [-0.1, -0.05) is 0 Å². The molecular weight excluding hydrogens is 328 g/mol. The van der Waals surface area contributed by atoms with Crippen LogP contribution in [-0.2, 0) is 14.3 Å². The van der Waals surface area contributed by atoms with E-state index in [1.165, 1.54) is 31.2 Å². The van der Waals surface area contributed by atoms with Gasteiger partial charge in [-0.05, 0) is 38.1 Å². The maximum atomic E-state index is 11.9. The molecule has 8 heteroatoms. The lowest BCUT2D eigenvalue weighted by Crippen LogP contribution is -2.34. The van der Waals surface area contributed by atoms with Crippen molar-refractivity contribution in [3.63, 3.8) is 0 Å². The summed E-state index contributed by atoms with van der Waals surface area (Å²) in [5.74, 6) is -0.322. The lowest BCUT2D eigenvalue weighted by molar-refractivity contribution is -0.124. The number of benzene rings is 1. The lowest BCUT2D eigenvalue weighted by atomic mass is 10.2. The third-order valence-corrected chi connectivity index (χ3v) is 3.02. The van der Waals surface area contributed by atoms with Gasteiger partial charge in [-0.15, -0.1) is 0 Å². The first-order valence-corrected chi connectivity index (χ1v) is 7.91. The molecule has 0 saturated heterocycles. The van der Waals surface area contributed by atoms with E-state index in [0.717, 1.165) is 0 Å². The van der Waals surface area contributed by atoms with Crippen LogP contribution in [0.5, 0.6) is 5.75 Å². The predicted octanol–water partition coefficient (Wildman–Crippen LogP) is 1.44. The number of carbonyl (C=O) groups excluding carboxylic acids is 4. The highest BCUT2D eigenvalue weighted by atomic mass is 16.7. The topological polar surface area (TPSA) is 111 Å². The molecule has 0 aliphatic carbocycles. The first kappa shape index (κ1) is 20.1. The molecule has 0 heterocycles. The number of Topliss-reactive ketones (excluding diaryl/α,β-unsaturated/α-hetero) is 1. The Balaban J connectivity index is 2.32. The summed E-state index contributed by atoms with van der Waals surface area (Å²) in [6.45, 7) is 3.83. The van der Waals surface area contributed by atoms with Crippen molar-refractivity contribution in [1.82, 2.24) is 10.6 Å². The monoisotopic (exact) mass is 350 g/mol. The van der Waals surface area contributed by atoms with Gasteiger partial charge in [-0.2, -0.15) is 0 Å². The summed E-state index contributed by atoms with van der Waals surface area (Å²) in [6, 6.07) is 5.98. The molecule has 25 heavy (non-hydrogen) atoms. The van der Waals surface area contributed by atoms with Crippen LogP contribution in [0.25, 0.3) is 0 Å². The molecule has 136 valence electrons. The number of amides is 2. The van der Waals surface area contributed by atoms with Crippen LogP contribution in [0.15, 0.2) is 24.3 Å². The van der Waals surface area contributed by atoms with Crippen molar-refractivity contribution in [2.75, 3.05) is 19.7 Å². The van der Waals surface area contributed by atoms with Crippen molar-refractivity contribution in [3.8, 4) is 5.75 Å². The number of carbonyl (C=O) groups is 4. The molecule has 0 radical (unpaired) electrons. The highest BCUT2D eigenvalue weighted by Crippen LogP contribution is 2.12. The molecule has 0 atom stereocenters. The van der Waals surface area contributed by atoms with Crippen molar-refractivity contribution in [2.24, 2.45) is 0 Å². The van der Waals surface area contributed by atoms with Gasteiger partial charge in [0.05, 0.1) is 6.61 Å². The van der Waals surface area contributed by atoms with E-state index < -0.39 is 6.16 Å². The highest BCUT2D eigenvalue weighted by Gasteiger charge is 2.08. The molecule has 0 aliphatic rings. The highest BCUT2D eigenvalue weighted by molar-refractivity contribution is 5.94. The number of ether oxygens (including phenoxy) is 2. The summed E-state index contributed by atoms with van der Waals surface area (Å²) in [5, 5.41) is 5.26. The largest absolute Gasteiger partial charge is 0.513 e. The summed E-state index contributed by atoms with van der Waals surface area (Å²) >= 11 is 0. The van der Waals surface area contributed by atoms with Crippen LogP contribution in [0.4, 0.5) is 4.79 Å². The summed E-state index contributed by atoms with van der Waals surface area (Å²) in [5.41, 5.74) is 0.388. The minimum atomic E-state index is -0.805. The standard InChI is InChI=1S/C17H22N2O6/c1-3-24-17(23)25-14-7-5-13(6-8-14)16(22)19-11-10-18-15(21)9-4-12(2)20/h5-8H,3-4,9-11H2,1-2H3,(H,18,21)(H,19,22). The molecule has 1 aromatic carbocycles. The second-order valence-electron chi connectivity index (χ2n) is 5.12. The first-order valence-electron chi connectivity index (χ1n) is 7.91. The van der Waals surface area contributed by atoms with Gasteiger partial charge in [0, 0.05) is 31.5 Å². The van der Waals surface area contributed by atoms with E-state index in [2.05, 4.69) is 15.4 Å². The summed E-state index contributed by atoms with van der Waals surface area (Å²) in [4.78, 5) is 45.3. The average molecular weight is 350 g/mol. The van der Waals surface area contributed by atoms with Crippen molar-refractivity contribution in [3.05, 3.63) is 29.8 Å². The molecule has 1 rings (SSSR count). The Hall–Kier alpha value is -2.90. The van der Waals surface area contributed by atoms with Crippen LogP contribution in [0.1, 0.15) is 37.0 Å². The Morgan fingerprint density at radius 1 is 0.960 bits per heavy atom. The van der Waals surface area contributed by atoms with Crippen molar-refractivity contribution in [1.29, 1.82) is 0 Å². The molecule has 0 saturated carbocycles. The zero-order chi connectivity index (χ0) is 18.7. The zero-order valence-electron chi connectivity index (χ0n) is 14.3. The van der Waals surface area contributed by atoms with E-state index in [-0.39, 0.29) is 55.9 Å². The summed E-state index contributed by atoms with van der Waals surface area (Å²) in [7, 11) is 0. The van der Waals surface area contributed by atoms with Crippen molar-refractivity contribution in [2.45, 2.75) is 26.7 Å². The summed E-state index contributed by atoms with van der Waals surface area (Å²) < 4.78 is 9.53. The third kappa shape index (κ3) is 8.50. The molecule has 0 fully saturated rings. The number of hydrogen-bond acceptors (Lipinski definition) is 6. The average Bonchev–Trinajstić information content (AvgIpc) is 2.57. The van der Waals surface area contributed by atoms with Gasteiger partial charge in [0.1, 0.15) is 11.5 Å². The van der Waals surface area contributed by atoms with Crippen LogP contribution in [0.2, 0.25) is 0 Å². The molecule has 0 aromatic heterocycles. The number of hydrogen-bond donors (Lipinski definition) is 2. The normalized spacial score (nSPS) is 9.84. The van der Waals surface area contributed by atoms with E-state index in [4.69, 9.17) is 4.74 Å².